The number of aliphatic imine (C=N–C) groups is 1. The average Bonchev–Trinajstić information content (AvgIpc) is 2.61. The monoisotopic (exact) mass is 441 g/mol. The molecule has 2 aromatic carbocycles. The largest absolute Gasteiger partial charge is 0.355 e. The summed E-state index contributed by atoms with van der Waals surface area (Å²) in [5, 5.41) is 6.16. The summed E-state index contributed by atoms with van der Waals surface area (Å²) in [5.74, 6) is -0.507. The van der Waals surface area contributed by atoms with Crippen molar-refractivity contribution in [3.8, 4) is 0 Å². The van der Waals surface area contributed by atoms with Crippen LogP contribution in [0, 0.1) is 5.82 Å². The van der Waals surface area contributed by atoms with Crippen molar-refractivity contribution in [3.05, 3.63) is 64.4 Å². The van der Waals surface area contributed by atoms with Crippen LogP contribution in [-0.2, 0) is 9.84 Å². The SMILES string of the molecule is CN=C(NCCS(=O)(=O)c1ccccc1F)NC(C)c1ccccc1Br. The molecule has 0 aliphatic rings. The van der Waals surface area contributed by atoms with E-state index in [-0.39, 0.29) is 23.2 Å². The molecule has 0 bridgehead atoms. The summed E-state index contributed by atoms with van der Waals surface area (Å²) in [5.41, 5.74) is 1.05. The maximum atomic E-state index is 13.7. The molecule has 2 rings (SSSR count). The molecule has 2 aromatic rings. The lowest BCUT2D eigenvalue weighted by molar-refractivity contribution is 0.566. The smallest absolute Gasteiger partial charge is 0.191 e. The molecule has 8 heteroatoms. The predicted octanol–water partition coefficient (Wildman–Crippen LogP) is 3.29. The topological polar surface area (TPSA) is 70.6 Å². The lowest BCUT2D eigenvalue weighted by Gasteiger charge is -2.19. The summed E-state index contributed by atoms with van der Waals surface area (Å²) in [4.78, 5) is 3.82. The van der Waals surface area contributed by atoms with Gasteiger partial charge in [-0.1, -0.05) is 46.3 Å². The first-order valence-corrected chi connectivity index (χ1v) is 10.5. The molecule has 0 aromatic heterocycles. The van der Waals surface area contributed by atoms with E-state index in [4.69, 9.17) is 0 Å². The van der Waals surface area contributed by atoms with Crippen LogP contribution in [0.25, 0.3) is 0 Å². The zero-order valence-corrected chi connectivity index (χ0v) is 16.9. The van der Waals surface area contributed by atoms with E-state index in [2.05, 4.69) is 31.6 Å². The van der Waals surface area contributed by atoms with Crippen molar-refractivity contribution < 1.29 is 12.8 Å². The van der Waals surface area contributed by atoms with E-state index in [1.54, 1.807) is 7.05 Å². The molecule has 0 fully saturated rings. The van der Waals surface area contributed by atoms with E-state index in [0.717, 1.165) is 16.1 Å². The second kappa shape index (κ2) is 9.14. The van der Waals surface area contributed by atoms with Gasteiger partial charge in [0.05, 0.1) is 11.8 Å². The zero-order valence-electron chi connectivity index (χ0n) is 14.5. The molecule has 5 nitrogen and oxygen atoms in total. The highest BCUT2D eigenvalue weighted by atomic mass is 79.9. The normalized spacial score (nSPS) is 13.3. The van der Waals surface area contributed by atoms with Gasteiger partial charge in [-0.2, -0.15) is 0 Å². The average molecular weight is 442 g/mol. The van der Waals surface area contributed by atoms with Gasteiger partial charge in [-0.05, 0) is 30.7 Å². The van der Waals surface area contributed by atoms with Gasteiger partial charge in [0.2, 0.25) is 0 Å². The van der Waals surface area contributed by atoms with Gasteiger partial charge in [0, 0.05) is 18.1 Å². The number of halogens is 2. The number of hydrogen-bond acceptors (Lipinski definition) is 3. The van der Waals surface area contributed by atoms with Gasteiger partial charge < -0.3 is 10.6 Å². The van der Waals surface area contributed by atoms with Gasteiger partial charge in [-0.25, -0.2) is 12.8 Å². The maximum Gasteiger partial charge on any atom is 0.191 e. The molecule has 1 atom stereocenters. The third kappa shape index (κ3) is 5.28. The van der Waals surface area contributed by atoms with Gasteiger partial charge in [0.25, 0.3) is 0 Å². The second-order valence-electron chi connectivity index (χ2n) is 5.64. The molecule has 0 saturated heterocycles. The van der Waals surface area contributed by atoms with Crippen LogP contribution in [-0.4, -0.2) is 33.7 Å². The lowest BCUT2D eigenvalue weighted by Crippen LogP contribution is -2.40. The quantitative estimate of drug-likeness (QED) is 0.532. The molecule has 2 N–H and O–H groups in total. The third-order valence-corrected chi connectivity index (χ3v) is 6.25. The summed E-state index contributed by atoms with van der Waals surface area (Å²) in [6.07, 6.45) is 0. The van der Waals surface area contributed by atoms with E-state index in [1.807, 2.05) is 31.2 Å². The van der Waals surface area contributed by atoms with Gasteiger partial charge >= 0.3 is 0 Å². The standard InChI is InChI=1S/C18H21BrFN3O2S/c1-13(14-7-3-4-8-15(14)19)23-18(21-2)22-11-12-26(24,25)17-10-6-5-9-16(17)20/h3-10,13H,11-12H2,1-2H3,(H2,21,22,23). The van der Waals surface area contributed by atoms with Crippen molar-refractivity contribution in [3.63, 3.8) is 0 Å². The number of sulfone groups is 1. The summed E-state index contributed by atoms with van der Waals surface area (Å²) < 4.78 is 39.2. The highest BCUT2D eigenvalue weighted by Crippen LogP contribution is 2.22. The summed E-state index contributed by atoms with van der Waals surface area (Å²) in [6.45, 7) is 2.09. The Morgan fingerprint density at radius 1 is 1.19 bits per heavy atom. The Bertz CT molecular complexity index is 888. The van der Waals surface area contributed by atoms with Crippen LogP contribution >= 0.6 is 15.9 Å². The van der Waals surface area contributed by atoms with Gasteiger partial charge in [0.1, 0.15) is 10.7 Å². The molecular formula is C18H21BrFN3O2S. The van der Waals surface area contributed by atoms with Crippen molar-refractivity contribution in [2.24, 2.45) is 4.99 Å². The van der Waals surface area contributed by atoms with Crippen LogP contribution in [0.2, 0.25) is 0 Å². The minimum atomic E-state index is -3.71. The second-order valence-corrected chi connectivity index (χ2v) is 8.57. The highest BCUT2D eigenvalue weighted by Gasteiger charge is 2.18. The fraction of sp³-hybridized carbons (Fsp3) is 0.278. The number of guanidine groups is 1. The van der Waals surface area contributed by atoms with Crippen molar-refractivity contribution in [2.45, 2.75) is 17.9 Å². The molecule has 0 amide bonds. The fourth-order valence-corrected chi connectivity index (χ4v) is 4.28. The molecule has 140 valence electrons. The summed E-state index contributed by atoms with van der Waals surface area (Å²) in [6, 6.07) is 13.1. The van der Waals surface area contributed by atoms with Crippen LogP contribution in [0.4, 0.5) is 4.39 Å². The van der Waals surface area contributed by atoms with Crippen molar-refractivity contribution in [2.75, 3.05) is 19.3 Å². The van der Waals surface area contributed by atoms with Crippen LogP contribution in [0.5, 0.6) is 0 Å². The highest BCUT2D eigenvalue weighted by molar-refractivity contribution is 9.10. The van der Waals surface area contributed by atoms with E-state index in [0.29, 0.717) is 5.96 Å². The molecular weight excluding hydrogens is 421 g/mol. The maximum absolute atomic E-state index is 13.7. The first-order valence-electron chi connectivity index (χ1n) is 8.04. The van der Waals surface area contributed by atoms with Crippen molar-refractivity contribution >= 4 is 31.7 Å². The molecule has 0 heterocycles. The van der Waals surface area contributed by atoms with Gasteiger partial charge in [0.15, 0.2) is 15.8 Å². The van der Waals surface area contributed by atoms with Crippen molar-refractivity contribution in [1.29, 1.82) is 0 Å². The van der Waals surface area contributed by atoms with Crippen LogP contribution < -0.4 is 10.6 Å². The predicted molar refractivity (Wildman–Crippen MR) is 106 cm³/mol. The van der Waals surface area contributed by atoms with Gasteiger partial charge in [-0.3, -0.25) is 4.99 Å². The molecule has 0 aliphatic heterocycles. The molecule has 1 unspecified atom stereocenters. The molecule has 0 radical (unpaired) electrons. The summed E-state index contributed by atoms with van der Waals surface area (Å²) >= 11 is 3.51. The molecule has 26 heavy (non-hydrogen) atoms. The number of nitrogens with zero attached hydrogens (tertiary/aromatic N) is 1. The molecule has 0 spiro atoms. The molecule has 0 saturated carbocycles. The van der Waals surface area contributed by atoms with E-state index in [1.165, 1.54) is 18.2 Å². The number of rotatable bonds is 6. The Labute approximate surface area is 161 Å². The minimum absolute atomic E-state index is 0.0417. The Kier molecular flexibility index (Phi) is 7.16. The Balaban J connectivity index is 1.95. The lowest BCUT2D eigenvalue weighted by atomic mass is 10.1. The summed E-state index contributed by atoms with van der Waals surface area (Å²) in [7, 11) is -2.11. The van der Waals surface area contributed by atoms with E-state index in [9.17, 15) is 12.8 Å². The molecule has 0 aliphatic carbocycles. The van der Waals surface area contributed by atoms with Crippen molar-refractivity contribution in [1.82, 2.24) is 10.6 Å². The zero-order chi connectivity index (χ0) is 19.2. The van der Waals surface area contributed by atoms with Crippen LogP contribution in [0.3, 0.4) is 0 Å². The first kappa shape index (κ1) is 20.4. The van der Waals surface area contributed by atoms with E-state index < -0.39 is 15.7 Å². The fourth-order valence-electron chi connectivity index (χ4n) is 2.41. The van der Waals surface area contributed by atoms with Crippen LogP contribution in [0.1, 0.15) is 18.5 Å². The minimum Gasteiger partial charge on any atom is -0.355 e. The van der Waals surface area contributed by atoms with Gasteiger partial charge in [-0.15, -0.1) is 0 Å². The first-order chi connectivity index (χ1) is 12.3. The number of hydrogen-bond donors (Lipinski definition) is 2. The number of nitrogens with one attached hydrogen (secondary N) is 2. The van der Waals surface area contributed by atoms with E-state index >= 15 is 0 Å². The third-order valence-electron chi connectivity index (χ3n) is 3.78. The Morgan fingerprint density at radius 2 is 1.85 bits per heavy atom. The Morgan fingerprint density at radius 3 is 2.50 bits per heavy atom. The van der Waals surface area contributed by atoms with Crippen LogP contribution in [0.15, 0.2) is 62.9 Å². The Hall–Kier alpha value is -1.93. The number of benzene rings is 2.